The molecule has 26 heavy (non-hydrogen) atoms. The summed E-state index contributed by atoms with van der Waals surface area (Å²) in [6, 6.07) is -0.0695. The highest BCUT2D eigenvalue weighted by molar-refractivity contribution is 5.92. The van der Waals surface area contributed by atoms with Gasteiger partial charge in [-0.05, 0) is 32.1 Å². The maximum atomic E-state index is 11.4. The first-order valence-corrected chi connectivity index (χ1v) is 8.68. The van der Waals surface area contributed by atoms with Crippen LogP contribution in [-0.2, 0) is 23.9 Å². The molecule has 0 bridgehead atoms. The van der Waals surface area contributed by atoms with E-state index >= 15 is 0 Å². The van der Waals surface area contributed by atoms with E-state index in [2.05, 4.69) is 16.6 Å². The van der Waals surface area contributed by atoms with Crippen LogP contribution in [0.4, 0.5) is 0 Å². The average Bonchev–Trinajstić information content (AvgIpc) is 2.59. The van der Waals surface area contributed by atoms with Crippen molar-refractivity contribution in [2.24, 2.45) is 9.98 Å². The molecule has 0 aliphatic heterocycles. The Morgan fingerprint density at radius 1 is 1.00 bits per heavy atom. The van der Waals surface area contributed by atoms with Gasteiger partial charge in [0, 0.05) is 5.57 Å². The van der Waals surface area contributed by atoms with E-state index in [0.717, 1.165) is 44.9 Å². The molecule has 0 aromatic heterocycles. The van der Waals surface area contributed by atoms with Gasteiger partial charge in [-0.1, -0.05) is 25.8 Å². The summed E-state index contributed by atoms with van der Waals surface area (Å²) >= 11 is 0. The van der Waals surface area contributed by atoms with Gasteiger partial charge in [-0.25, -0.2) is 24.4 Å². The van der Waals surface area contributed by atoms with E-state index in [-0.39, 0.29) is 18.2 Å². The van der Waals surface area contributed by atoms with Crippen molar-refractivity contribution < 1.29 is 29.0 Å². The zero-order valence-electron chi connectivity index (χ0n) is 14.9. The fraction of sp³-hybridized carbons (Fsp3) is 0.667. The second kappa shape index (κ2) is 15.9. The first-order chi connectivity index (χ1) is 12.5. The van der Waals surface area contributed by atoms with Crippen molar-refractivity contribution in [1.82, 2.24) is 0 Å². The predicted octanol–water partition coefficient (Wildman–Crippen LogP) is 2.72. The number of isocyanates is 2. The van der Waals surface area contributed by atoms with Crippen LogP contribution in [0.25, 0.3) is 0 Å². The highest BCUT2D eigenvalue weighted by Gasteiger charge is 2.12. The molecule has 1 atom stereocenters. The van der Waals surface area contributed by atoms with Crippen LogP contribution in [0.2, 0.25) is 0 Å². The molecular formula is C18H26N2O6. The van der Waals surface area contributed by atoms with Gasteiger partial charge in [-0.15, -0.1) is 0 Å². The van der Waals surface area contributed by atoms with Gasteiger partial charge >= 0.3 is 11.9 Å². The summed E-state index contributed by atoms with van der Waals surface area (Å²) in [5, 5.41) is 8.56. The lowest BCUT2D eigenvalue weighted by Gasteiger charge is -2.10. The van der Waals surface area contributed by atoms with Crippen molar-refractivity contribution in [2.75, 3.05) is 13.2 Å². The molecule has 1 N–H and O–H groups in total. The Balaban J connectivity index is 3.81. The highest BCUT2D eigenvalue weighted by Crippen LogP contribution is 2.14. The smallest absolute Gasteiger partial charge is 0.333 e. The zero-order valence-corrected chi connectivity index (χ0v) is 14.9. The van der Waals surface area contributed by atoms with Crippen LogP contribution in [-0.4, -0.2) is 48.4 Å². The molecule has 0 fully saturated rings. The number of hydrogen-bond acceptors (Lipinski definition) is 7. The number of carboxylic acids is 1. The summed E-state index contributed by atoms with van der Waals surface area (Å²) in [7, 11) is 0. The number of rotatable bonds is 16. The third-order valence-electron chi connectivity index (χ3n) is 3.68. The van der Waals surface area contributed by atoms with E-state index in [1.165, 1.54) is 6.08 Å². The van der Waals surface area contributed by atoms with E-state index in [1.807, 2.05) is 0 Å². The van der Waals surface area contributed by atoms with Gasteiger partial charge in [0.05, 0.1) is 25.6 Å². The molecule has 1 unspecified atom stereocenters. The first kappa shape index (κ1) is 23.4. The molecule has 8 heteroatoms. The summed E-state index contributed by atoms with van der Waals surface area (Å²) in [6.45, 7) is 4.06. The first-order valence-electron chi connectivity index (χ1n) is 8.68. The molecule has 0 amide bonds. The minimum Gasteiger partial charge on any atom is -0.481 e. The van der Waals surface area contributed by atoms with E-state index < -0.39 is 18.4 Å². The van der Waals surface area contributed by atoms with Gasteiger partial charge in [-0.2, -0.15) is 0 Å². The molecule has 0 radical (unpaired) electrons. The molecule has 0 heterocycles. The number of carbonyl (C=O) groups excluding carboxylic acids is 3. The number of esters is 1. The lowest BCUT2D eigenvalue weighted by atomic mass is 10.0. The Morgan fingerprint density at radius 3 is 2.23 bits per heavy atom. The van der Waals surface area contributed by atoms with Crippen molar-refractivity contribution in [3.8, 4) is 0 Å². The maximum absolute atomic E-state index is 11.4. The van der Waals surface area contributed by atoms with Crippen molar-refractivity contribution in [3.63, 3.8) is 0 Å². The van der Waals surface area contributed by atoms with Gasteiger partial charge in [-0.3, -0.25) is 4.79 Å². The lowest BCUT2D eigenvalue weighted by Crippen LogP contribution is -2.11. The third kappa shape index (κ3) is 13.8. The van der Waals surface area contributed by atoms with Crippen LogP contribution < -0.4 is 0 Å². The zero-order chi connectivity index (χ0) is 19.6. The van der Waals surface area contributed by atoms with Crippen molar-refractivity contribution in [3.05, 3.63) is 12.2 Å². The van der Waals surface area contributed by atoms with Gasteiger partial charge in [0.15, 0.2) is 0 Å². The van der Waals surface area contributed by atoms with Crippen LogP contribution >= 0.6 is 0 Å². The Morgan fingerprint density at radius 2 is 1.65 bits per heavy atom. The summed E-state index contributed by atoms with van der Waals surface area (Å²) < 4.78 is 4.95. The molecule has 0 rings (SSSR count). The Kier molecular flexibility index (Phi) is 14.4. The molecule has 0 aliphatic carbocycles. The molecule has 0 saturated heterocycles. The number of unbranched alkanes of at least 4 members (excludes halogenated alkanes) is 4. The minimum atomic E-state index is -1.12. The lowest BCUT2D eigenvalue weighted by molar-refractivity contribution is -0.142. The fourth-order valence-electron chi connectivity index (χ4n) is 2.32. The average molecular weight is 366 g/mol. The predicted molar refractivity (Wildman–Crippen MR) is 94.2 cm³/mol. The molecule has 0 aliphatic rings. The van der Waals surface area contributed by atoms with Crippen LogP contribution in [0.15, 0.2) is 22.1 Å². The highest BCUT2D eigenvalue weighted by atomic mass is 16.5. The van der Waals surface area contributed by atoms with Crippen LogP contribution in [0, 0.1) is 0 Å². The topological polar surface area (TPSA) is 122 Å². The SMILES string of the molecule is C=C(CC(=O)O)C(=O)OCCCCCC(CCCCCN=C=O)N=C=O. The molecule has 0 spiro atoms. The van der Waals surface area contributed by atoms with Crippen molar-refractivity contribution >= 4 is 24.1 Å². The van der Waals surface area contributed by atoms with Gasteiger partial charge in [0.25, 0.3) is 0 Å². The summed E-state index contributed by atoms with van der Waals surface area (Å²) in [5.41, 5.74) is -0.0725. The van der Waals surface area contributed by atoms with E-state index in [4.69, 9.17) is 9.84 Å². The van der Waals surface area contributed by atoms with Gasteiger partial charge in [0.2, 0.25) is 12.2 Å². The number of hydrogen-bond donors (Lipinski definition) is 1. The van der Waals surface area contributed by atoms with Gasteiger partial charge in [0.1, 0.15) is 0 Å². The second-order valence-corrected chi connectivity index (χ2v) is 5.86. The summed E-state index contributed by atoms with van der Waals surface area (Å²) in [4.78, 5) is 49.6. The number of aliphatic imine (C=N–C) groups is 2. The molecule has 0 aromatic carbocycles. The number of aliphatic carboxylic acids is 1. The Hall–Kier alpha value is -2.56. The number of carbonyl (C=O) groups is 2. The molecule has 144 valence electrons. The maximum Gasteiger partial charge on any atom is 0.333 e. The van der Waals surface area contributed by atoms with E-state index in [0.29, 0.717) is 13.0 Å². The monoisotopic (exact) mass is 366 g/mol. The van der Waals surface area contributed by atoms with Crippen LogP contribution in [0.5, 0.6) is 0 Å². The normalized spacial score (nSPS) is 10.9. The van der Waals surface area contributed by atoms with Crippen LogP contribution in [0.1, 0.15) is 57.8 Å². The Labute approximate surface area is 153 Å². The number of carboxylic acid groups (broad SMARTS) is 1. The fourth-order valence-corrected chi connectivity index (χ4v) is 2.32. The molecule has 0 aromatic rings. The van der Waals surface area contributed by atoms with Crippen molar-refractivity contribution in [2.45, 2.75) is 63.8 Å². The standard InChI is InChI=1S/C18H26N2O6/c1-15(12-17(23)24)18(25)26-11-7-3-5-9-16(20-14-22)8-4-2-6-10-19-13-21/h16H,1-12H2,(H,23,24). The Bertz CT molecular complexity index is 548. The molecular weight excluding hydrogens is 340 g/mol. The largest absolute Gasteiger partial charge is 0.481 e. The minimum absolute atomic E-state index is 0.0695. The van der Waals surface area contributed by atoms with Crippen molar-refractivity contribution in [1.29, 1.82) is 0 Å². The van der Waals surface area contributed by atoms with E-state index in [1.54, 1.807) is 6.08 Å². The molecule has 0 saturated carbocycles. The molecule has 8 nitrogen and oxygen atoms in total. The quantitative estimate of drug-likeness (QED) is 0.147. The van der Waals surface area contributed by atoms with Gasteiger partial charge < -0.3 is 9.84 Å². The number of ether oxygens (including phenoxy) is 1. The van der Waals surface area contributed by atoms with Crippen LogP contribution in [0.3, 0.4) is 0 Å². The van der Waals surface area contributed by atoms with E-state index in [9.17, 15) is 19.2 Å². The number of nitrogens with zero attached hydrogens (tertiary/aromatic N) is 2. The summed E-state index contributed by atoms with van der Waals surface area (Å²) in [5.74, 6) is -1.81. The second-order valence-electron chi connectivity index (χ2n) is 5.86. The third-order valence-corrected chi connectivity index (χ3v) is 3.68. The summed E-state index contributed by atoms with van der Waals surface area (Å²) in [6.07, 6.45) is 9.10.